The molecule has 0 bridgehead atoms. The molecule has 1 aliphatic rings. The standard InChI is InChI=1S/C30H29NO2S/c1-24-17-19-29(20-18-24)34(32,33)31-23-30(26-13-7-3-8-14-26,27-15-9-4-10-16-27)22-28(31)21-25-11-5-2-6-12-25/h2-20,28H,21-23H2,1H3. The van der Waals surface area contributed by atoms with Gasteiger partial charge in [-0.3, -0.25) is 0 Å². The lowest BCUT2D eigenvalue weighted by atomic mass is 9.72. The lowest BCUT2D eigenvalue weighted by Gasteiger charge is -2.30. The molecular formula is C30H29NO2S. The molecular weight excluding hydrogens is 438 g/mol. The lowest BCUT2D eigenvalue weighted by molar-refractivity contribution is 0.383. The third-order valence-electron chi connectivity index (χ3n) is 7.01. The van der Waals surface area contributed by atoms with E-state index in [0.717, 1.165) is 28.7 Å². The van der Waals surface area contributed by atoms with Crippen LogP contribution >= 0.6 is 0 Å². The van der Waals surface area contributed by atoms with Gasteiger partial charge in [0.25, 0.3) is 0 Å². The van der Waals surface area contributed by atoms with Crippen molar-refractivity contribution in [3.63, 3.8) is 0 Å². The first-order valence-electron chi connectivity index (χ1n) is 11.7. The highest BCUT2D eigenvalue weighted by atomic mass is 32.2. The highest BCUT2D eigenvalue weighted by Gasteiger charge is 2.50. The van der Waals surface area contributed by atoms with Gasteiger partial charge in [-0.05, 0) is 48.6 Å². The zero-order valence-electron chi connectivity index (χ0n) is 19.3. The second-order valence-electron chi connectivity index (χ2n) is 9.23. The fourth-order valence-corrected chi connectivity index (χ4v) is 6.93. The molecule has 0 amide bonds. The van der Waals surface area contributed by atoms with Crippen LogP contribution in [0.1, 0.15) is 28.7 Å². The maximum absolute atomic E-state index is 14.0. The molecule has 1 heterocycles. The Morgan fingerprint density at radius 3 is 1.76 bits per heavy atom. The number of nitrogens with zero attached hydrogens (tertiary/aromatic N) is 1. The second-order valence-corrected chi connectivity index (χ2v) is 11.1. The Bertz CT molecular complexity index is 1300. The van der Waals surface area contributed by atoms with Gasteiger partial charge in [-0.1, -0.05) is 109 Å². The van der Waals surface area contributed by atoms with Crippen molar-refractivity contribution in [2.45, 2.75) is 36.1 Å². The van der Waals surface area contributed by atoms with Gasteiger partial charge in [0.2, 0.25) is 10.0 Å². The molecule has 34 heavy (non-hydrogen) atoms. The lowest BCUT2D eigenvalue weighted by Crippen LogP contribution is -2.38. The van der Waals surface area contributed by atoms with E-state index in [1.807, 2.05) is 73.7 Å². The summed E-state index contributed by atoms with van der Waals surface area (Å²) in [6.45, 7) is 2.38. The first-order valence-corrected chi connectivity index (χ1v) is 13.2. The van der Waals surface area contributed by atoms with Crippen LogP contribution in [0.5, 0.6) is 0 Å². The van der Waals surface area contributed by atoms with E-state index in [2.05, 4.69) is 36.4 Å². The Kier molecular flexibility index (Phi) is 6.11. The summed E-state index contributed by atoms with van der Waals surface area (Å²) in [5, 5.41) is 0. The fraction of sp³-hybridized carbons (Fsp3) is 0.200. The SMILES string of the molecule is Cc1ccc(S(=O)(=O)N2CC(c3ccccc3)(c3ccccc3)CC2Cc2ccccc2)cc1. The van der Waals surface area contributed by atoms with Crippen molar-refractivity contribution in [2.24, 2.45) is 0 Å². The Morgan fingerprint density at radius 2 is 1.24 bits per heavy atom. The largest absolute Gasteiger partial charge is 0.243 e. The van der Waals surface area contributed by atoms with Crippen LogP contribution in [0.15, 0.2) is 120 Å². The number of benzene rings is 4. The molecule has 0 N–H and O–H groups in total. The summed E-state index contributed by atoms with van der Waals surface area (Å²) in [4.78, 5) is 0.355. The van der Waals surface area contributed by atoms with E-state index in [1.165, 1.54) is 0 Å². The van der Waals surface area contributed by atoms with Gasteiger partial charge in [-0.2, -0.15) is 4.31 Å². The molecule has 4 aromatic rings. The van der Waals surface area contributed by atoms with Gasteiger partial charge in [0.15, 0.2) is 0 Å². The Balaban J connectivity index is 1.64. The summed E-state index contributed by atoms with van der Waals surface area (Å²) in [5.74, 6) is 0. The van der Waals surface area contributed by atoms with Crippen molar-refractivity contribution in [3.8, 4) is 0 Å². The molecule has 0 saturated carbocycles. The number of sulfonamides is 1. The summed E-state index contributed by atoms with van der Waals surface area (Å²) >= 11 is 0. The van der Waals surface area contributed by atoms with Crippen LogP contribution in [0.2, 0.25) is 0 Å². The average molecular weight is 468 g/mol. The Morgan fingerprint density at radius 1 is 0.735 bits per heavy atom. The zero-order chi connectivity index (χ0) is 23.6. The second kappa shape index (κ2) is 9.21. The van der Waals surface area contributed by atoms with Crippen LogP contribution in [0.25, 0.3) is 0 Å². The molecule has 4 aromatic carbocycles. The normalized spacial score (nSPS) is 18.1. The molecule has 5 rings (SSSR count). The highest BCUT2D eigenvalue weighted by molar-refractivity contribution is 7.89. The third kappa shape index (κ3) is 4.20. The van der Waals surface area contributed by atoms with E-state index >= 15 is 0 Å². The molecule has 1 saturated heterocycles. The van der Waals surface area contributed by atoms with E-state index in [0.29, 0.717) is 17.9 Å². The van der Waals surface area contributed by atoms with E-state index in [-0.39, 0.29) is 6.04 Å². The predicted molar refractivity (Wildman–Crippen MR) is 137 cm³/mol. The topological polar surface area (TPSA) is 37.4 Å². The van der Waals surface area contributed by atoms with Crippen LogP contribution < -0.4 is 0 Å². The van der Waals surface area contributed by atoms with E-state index in [9.17, 15) is 8.42 Å². The molecule has 4 heteroatoms. The molecule has 172 valence electrons. The van der Waals surface area contributed by atoms with Gasteiger partial charge in [0.1, 0.15) is 0 Å². The average Bonchev–Trinajstić information content (AvgIpc) is 3.27. The summed E-state index contributed by atoms with van der Waals surface area (Å²) < 4.78 is 29.8. The maximum atomic E-state index is 14.0. The summed E-state index contributed by atoms with van der Waals surface area (Å²) in [6.07, 6.45) is 1.40. The summed E-state index contributed by atoms with van der Waals surface area (Å²) in [5.41, 5.74) is 4.08. The van der Waals surface area contributed by atoms with Crippen LogP contribution in [0.4, 0.5) is 0 Å². The van der Waals surface area contributed by atoms with E-state index < -0.39 is 15.4 Å². The van der Waals surface area contributed by atoms with Crippen molar-refractivity contribution >= 4 is 10.0 Å². The van der Waals surface area contributed by atoms with Crippen molar-refractivity contribution < 1.29 is 8.42 Å². The van der Waals surface area contributed by atoms with E-state index in [1.54, 1.807) is 16.4 Å². The monoisotopic (exact) mass is 467 g/mol. The fourth-order valence-electron chi connectivity index (χ4n) is 5.25. The number of hydrogen-bond acceptors (Lipinski definition) is 2. The first kappa shape index (κ1) is 22.6. The van der Waals surface area contributed by atoms with Gasteiger partial charge in [-0.15, -0.1) is 0 Å². The summed E-state index contributed by atoms with van der Waals surface area (Å²) in [6, 6.07) is 38.0. The van der Waals surface area contributed by atoms with Crippen LogP contribution in [-0.4, -0.2) is 25.3 Å². The minimum absolute atomic E-state index is 0.158. The minimum Gasteiger partial charge on any atom is -0.207 e. The van der Waals surface area contributed by atoms with Crippen molar-refractivity contribution in [1.82, 2.24) is 4.31 Å². The molecule has 0 aromatic heterocycles. The number of hydrogen-bond donors (Lipinski definition) is 0. The molecule has 0 aliphatic carbocycles. The molecule has 1 aliphatic heterocycles. The molecule has 1 atom stereocenters. The first-order chi connectivity index (χ1) is 16.5. The summed E-state index contributed by atoms with van der Waals surface area (Å²) in [7, 11) is -3.68. The van der Waals surface area contributed by atoms with E-state index in [4.69, 9.17) is 0 Å². The maximum Gasteiger partial charge on any atom is 0.243 e. The van der Waals surface area contributed by atoms with Gasteiger partial charge in [-0.25, -0.2) is 8.42 Å². The van der Waals surface area contributed by atoms with Gasteiger partial charge in [0.05, 0.1) is 4.90 Å². The molecule has 1 unspecified atom stereocenters. The van der Waals surface area contributed by atoms with Crippen LogP contribution in [0.3, 0.4) is 0 Å². The molecule has 1 fully saturated rings. The van der Waals surface area contributed by atoms with Crippen molar-refractivity contribution in [1.29, 1.82) is 0 Å². The molecule has 3 nitrogen and oxygen atoms in total. The Labute approximate surface area is 202 Å². The Hall–Kier alpha value is -3.21. The van der Waals surface area contributed by atoms with Crippen molar-refractivity contribution in [2.75, 3.05) is 6.54 Å². The van der Waals surface area contributed by atoms with Gasteiger partial charge in [0, 0.05) is 18.0 Å². The number of rotatable bonds is 6. The quantitative estimate of drug-likeness (QED) is 0.349. The highest BCUT2D eigenvalue weighted by Crippen LogP contribution is 2.46. The van der Waals surface area contributed by atoms with Crippen LogP contribution in [-0.2, 0) is 21.9 Å². The van der Waals surface area contributed by atoms with Crippen molar-refractivity contribution in [3.05, 3.63) is 138 Å². The van der Waals surface area contributed by atoms with Crippen LogP contribution in [0, 0.1) is 6.92 Å². The predicted octanol–water partition coefficient (Wildman–Crippen LogP) is 5.99. The van der Waals surface area contributed by atoms with Gasteiger partial charge >= 0.3 is 0 Å². The smallest absolute Gasteiger partial charge is 0.207 e. The molecule has 0 spiro atoms. The molecule has 0 radical (unpaired) electrons. The third-order valence-corrected chi connectivity index (χ3v) is 8.92. The minimum atomic E-state index is -3.68. The number of aryl methyl sites for hydroxylation is 1. The zero-order valence-corrected chi connectivity index (χ0v) is 20.2. The van der Waals surface area contributed by atoms with Gasteiger partial charge < -0.3 is 0 Å².